The SMILES string of the molecule is O=C1CCN(C(=O)COc2cc(F)ccc2[N+](=O)[O-])CC1. The third kappa shape index (κ3) is 3.74. The number of halogens is 1. The molecule has 1 fully saturated rings. The molecule has 1 aliphatic rings. The number of carbonyl (C=O) groups excluding carboxylic acids is 2. The molecule has 0 N–H and O–H groups in total. The van der Waals surface area contributed by atoms with Gasteiger partial charge in [0.15, 0.2) is 6.61 Å². The Bertz CT molecular complexity index is 580. The van der Waals surface area contributed by atoms with Crippen molar-refractivity contribution >= 4 is 17.4 Å². The average molecular weight is 296 g/mol. The lowest BCUT2D eigenvalue weighted by molar-refractivity contribution is -0.385. The van der Waals surface area contributed by atoms with Crippen molar-refractivity contribution in [1.82, 2.24) is 4.90 Å². The highest BCUT2D eigenvalue weighted by molar-refractivity contribution is 5.84. The van der Waals surface area contributed by atoms with Crippen LogP contribution < -0.4 is 4.74 Å². The Balaban J connectivity index is 1.99. The second-order valence-corrected chi connectivity index (χ2v) is 4.58. The van der Waals surface area contributed by atoms with Gasteiger partial charge >= 0.3 is 5.69 Å². The summed E-state index contributed by atoms with van der Waals surface area (Å²) in [5.74, 6) is -1.27. The number of ether oxygens (including phenoxy) is 1. The van der Waals surface area contributed by atoms with Gasteiger partial charge in [0, 0.05) is 38.1 Å². The molecule has 0 aromatic heterocycles. The number of rotatable bonds is 4. The number of nitro benzene ring substituents is 1. The van der Waals surface area contributed by atoms with Gasteiger partial charge in [0.05, 0.1) is 4.92 Å². The fourth-order valence-corrected chi connectivity index (χ4v) is 1.99. The van der Waals surface area contributed by atoms with Crippen LogP contribution in [-0.4, -0.2) is 41.2 Å². The van der Waals surface area contributed by atoms with E-state index < -0.39 is 23.0 Å². The highest BCUT2D eigenvalue weighted by Crippen LogP contribution is 2.27. The molecule has 1 saturated heterocycles. The van der Waals surface area contributed by atoms with Gasteiger partial charge in [-0.05, 0) is 6.07 Å². The zero-order valence-corrected chi connectivity index (χ0v) is 11.1. The summed E-state index contributed by atoms with van der Waals surface area (Å²) < 4.78 is 18.2. The highest BCUT2D eigenvalue weighted by atomic mass is 19.1. The van der Waals surface area contributed by atoms with Gasteiger partial charge < -0.3 is 9.64 Å². The molecule has 21 heavy (non-hydrogen) atoms. The molecule has 0 spiro atoms. The molecule has 1 aliphatic heterocycles. The summed E-state index contributed by atoms with van der Waals surface area (Å²) in [5, 5.41) is 10.8. The average Bonchev–Trinajstić information content (AvgIpc) is 2.45. The van der Waals surface area contributed by atoms with Crippen LogP contribution >= 0.6 is 0 Å². The largest absolute Gasteiger partial charge is 0.477 e. The molecule has 0 saturated carbocycles. The lowest BCUT2D eigenvalue weighted by atomic mass is 10.1. The number of amides is 1. The van der Waals surface area contributed by atoms with E-state index in [0.717, 1.165) is 18.2 Å². The molecule has 2 rings (SSSR count). The lowest BCUT2D eigenvalue weighted by Crippen LogP contribution is -2.41. The van der Waals surface area contributed by atoms with Gasteiger partial charge in [-0.15, -0.1) is 0 Å². The van der Waals surface area contributed by atoms with Gasteiger partial charge in [-0.25, -0.2) is 4.39 Å². The maximum Gasteiger partial charge on any atom is 0.311 e. The van der Waals surface area contributed by atoms with Crippen LogP contribution in [0.15, 0.2) is 18.2 Å². The van der Waals surface area contributed by atoms with E-state index in [-0.39, 0.29) is 17.4 Å². The number of hydrogen-bond acceptors (Lipinski definition) is 5. The second-order valence-electron chi connectivity index (χ2n) is 4.58. The van der Waals surface area contributed by atoms with Crippen molar-refractivity contribution in [2.75, 3.05) is 19.7 Å². The number of benzene rings is 1. The quantitative estimate of drug-likeness (QED) is 0.617. The van der Waals surface area contributed by atoms with Crippen molar-refractivity contribution in [2.45, 2.75) is 12.8 Å². The highest BCUT2D eigenvalue weighted by Gasteiger charge is 2.22. The van der Waals surface area contributed by atoms with Crippen LogP contribution in [0.1, 0.15) is 12.8 Å². The molecule has 0 bridgehead atoms. The summed E-state index contributed by atoms with van der Waals surface area (Å²) in [4.78, 5) is 34.5. The molecule has 0 unspecified atom stereocenters. The van der Waals surface area contributed by atoms with E-state index in [1.54, 1.807) is 0 Å². The minimum absolute atomic E-state index is 0.0979. The third-order valence-corrected chi connectivity index (χ3v) is 3.14. The predicted molar refractivity (Wildman–Crippen MR) is 69.4 cm³/mol. The van der Waals surface area contributed by atoms with Crippen LogP contribution in [0.5, 0.6) is 5.75 Å². The minimum atomic E-state index is -0.710. The van der Waals surface area contributed by atoms with E-state index in [9.17, 15) is 24.1 Å². The summed E-state index contributed by atoms with van der Waals surface area (Å²) >= 11 is 0. The molecule has 0 aliphatic carbocycles. The first kappa shape index (κ1) is 14.9. The Kier molecular flexibility index (Phi) is 4.46. The van der Waals surface area contributed by atoms with Crippen LogP contribution in [0.3, 0.4) is 0 Å². The molecular weight excluding hydrogens is 283 g/mol. The van der Waals surface area contributed by atoms with Crippen molar-refractivity contribution in [3.05, 3.63) is 34.1 Å². The van der Waals surface area contributed by atoms with E-state index in [0.29, 0.717) is 25.9 Å². The molecule has 8 heteroatoms. The Morgan fingerprint density at radius 3 is 2.67 bits per heavy atom. The Labute approximate surface area is 119 Å². The number of ketones is 1. The molecule has 1 heterocycles. The summed E-state index contributed by atoms with van der Waals surface area (Å²) in [5.41, 5.74) is -0.405. The van der Waals surface area contributed by atoms with Crippen molar-refractivity contribution in [2.24, 2.45) is 0 Å². The standard InChI is InChI=1S/C13H13FN2O5/c14-9-1-2-11(16(19)20)12(7-9)21-8-13(18)15-5-3-10(17)4-6-15/h1-2,7H,3-6,8H2. The van der Waals surface area contributed by atoms with Gasteiger partial charge in [0.25, 0.3) is 5.91 Å². The van der Waals surface area contributed by atoms with Gasteiger partial charge in [0.1, 0.15) is 11.6 Å². The smallest absolute Gasteiger partial charge is 0.311 e. The number of nitrogens with zero attached hydrogens (tertiary/aromatic N) is 2. The summed E-state index contributed by atoms with van der Waals surface area (Å²) in [7, 11) is 0. The number of nitro groups is 1. The van der Waals surface area contributed by atoms with Crippen LogP contribution in [0.4, 0.5) is 10.1 Å². The number of piperidine rings is 1. The van der Waals surface area contributed by atoms with Gasteiger partial charge in [-0.3, -0.25) is 19.7 Å². The molecule has 0 radical (unpaired) electrons. The fourth-order valence-electron chi connectivity index (χ4n) is 1.99. The number of likely N-dealkylation sites (tertiary alicyclic amines) is 1. The maximum absolute atomic E-state index is 13.1. The lowest BCUT2D eigenvalue weighted by Gasteiger charge is -2.25. The second kappa shape index (κ2) is 6.29. The maximum atomic E-state index is 13.1. The van der Waals surface area contributed by atoms with E-state index in [4.69, 9.17) is 4.74 Å². The van der Waals surface area contributed by atoms with E-state index >= 15 is 0 Å². The molecule has 112 valence electrons. The zero-order chi connectivity index (χ0) is 15.4. The summed E-state index contributed by atoms with van der Waals surface area (Å²) in [6.07, 6.45) is 0.595. The molecule has 1 aromatic rings. The Morgan fingerprint density at radius 2 is 2.05 bits per heavy atom. The first-order valence-corrected chi connectivity index (χ1v) is 6.33. The van der Waals surface area contributed by atoms with E-state index in [2.05, 4.69) is 0 Å². The van der Waals surface area contributed by atoms with Crippen LogP contribution in [0.2, 0.25) is 0 Å². The predicted octanol–water partition coefficient (Wildman–Crippen LogP) is 1.30. The van der Waals surface area contributed by atoms with Gasteiger partial charge in [-0.2, -0.15) is 0 Å². The Hall–Kier alpha value is -2.51. The first-order valence-electron chi connectivity index (χ1n) is 6.33. The zero-order valence-electron chi connectivity index (χ0n) is 11.1. The topological polar surface area (TPSA) is 89.8 Å². The molecular formula is C13H13FN2O5. The molecule has 1 aromatic carbocycles. The number of hydrogen-bond donors (Lipinski definition) is 0. The van der Waals surface area contributed by atoms with Gasteiger partial charge in [-0.1, -0.05) is 0 Å². The summed E-state index contributed by atoms with van der Waals surface area (Å²) in [6, 6.07) is 2.79. The molecule has 7 nitrogen and oxygen atoms in total. The van der Waals surface area contributed by atoms with Crippen molar-refractivity contribution in [3.63, 3.8) is 0 Å². The number of carbonyl (C=O) groups is 2. The van der Waals surface area contributed by atoms with Crippen LogP contribution in [0.25, 0.3) is 0 Å². The third-order valence-electron chi connectivity index (χ3n) is 3.14. The summed E-state index contributed by atoms with van der Waals surface area (Å²) in [6.45, 7) is 0.191. The van der Waals surface area contributed by atoms with Crippen LogP contribution in [-0.2, 0) is 9.59 Å². The van der Waals surface area contributed by atoms with Crippen molar-refractivity contribution in [1.29, 1.82) is 0 Å². The monoisotopic (exact) mass is 296 g/mol. The van der Waals surface area contributed by atoms with E-state index in [1.165, 1.54) is 4.90 Å². The molecule has 0 atom stereocenters. The first-order chi connectivity index (χ1) is 9.97. The van der Waals surface area contributed by atoms with Crippen molar-refractivity contribution in [3.8, 4) is 5.75 Å². The normalized spacial score (nSPS) is 14.9. The van der Waals surface area contributed by atoms with Crippen molar-refractivity contribution < 1.29 is 23.6 Å². The number of Topliss-reactive ketones (excluding diaryl/α,β-unsaturated/α-hetero) is 1. The molecule has 1 amide bonds. The van der Waals surface area contributed by atoms with Crippen LogP contribution in [0, 0.1) is 15.9 Å². The van der Waals surface area contributed by atoms with Gasteiger partial charge in [0.2, 0.25) is 5.75 Å². The van der Waals surface area contributed by atoms with E-state index in [1.807, 2.05) is 0 Å². The Morgan fingerprint density at radius 1 is 1.38 bits per heavy atom. The fraction of sp³-hybridized carbons (Fsp3) is 0.385. The minimum Gasteiger partial charge on any atom is -0.477 e.